The molecule has 184 valence electrons. The van der Waals surface area contributed by atoms with E-state index in [1.807, 2.05) is 0 Å². The minimum atomic E-state index is -0.981. The first-order valence-corrected chi connectivity index (χ1v) is 10.9. The summed E-state index contributed by atoms with van der Waals surface area (Å²) in [4.78, 5) is 27.1. The Bertz CT molecular complexity index is 1260. The van der Waals surface area contributed by atoms with Crippen molar-refractivity contribution in [2.75, 3.05) is 33.3 Å². The van der Waals surface area contributed by atoms with Crippen LogP contribution in [0.15, 0.2) is 30.5 Å². The van der Waals surface area contributed by atoms with E-state index < -0.39 is 11.4 Å². The largest absolute Gasteiger partial charge is 0.493 e. The van der Waals surface area contributed by atoms with E-state index in [2.05, 4.69) is 15.0 Å². The number of benzene rings is 1. The first-order chi connectivity index (χ1) is 16.7. The second kappa shape index (κ2) is 9.36. The summed E-state index contributed by atoms with van der Waals surface area (Å²) < 4.78 is 36.6. The standard InChI is InChI=1S/C25H27FN4O5/c1-25(2)24(31)30(3)23-18(35-25)8-7-15(28-23)12-17-16(26)13-27-21(29-17)11-14-9-19(32-4)22(34-6)20(10-14)33-5/h7-10,13H,11-12H2,1-6H3. The van der Waals surface area contributed by atoms with Gasteiger partial charge in [0.1, 0.15) is 5.82 Å². The second-order valence-corrected chi connectivity index (χ2v) is 8.57. The first-order valence-electron chi connectivity index (χ1n) is 10.9. The van der Waals surface area contributed by atoms with Crippen molar-refractivity contribution in [2.45, 2.75) is 32.3 Å². The van der Waals surface area contributed by atoms with Crippen LogP contribution in [0.4, 0.5) is 10.2 Å². The number of nitrogens with zero attached hydrogens (tertiary/aromatic N) is 4. The number of carbonyl (C=O) groups excluding carboxylic acids is 1. The van der Waals surface area contributed by atoms with Gasteiger partial charge in [0, 0.05) is 25.6 Å². The molecule has 3 heterocycles. The quantitative estimate of drug-likeness (QED) is 0.506. The third-order valence-corrected chi connectivity index (χ3v) is 5.70. The molecule has 1 aromatic carbocycles. The molecule has 1 aliphatic rings. The Balaban J connectivity index is 1.60. The molecule has 9 nitrogen and oxygen atoms in total. The predicted molar refractivity (Wildman–Crippen MR) is 126 cm³/mol. The number of anilines is 1. The Morgan fingerprint density at radius 2 is 1.71 bits per heavy atom. The molecular formula is C25H27FN4O5. The highest BCUT2D eigenvalue weighted by atomic mass is 19.1. The fraction of sp³-hybridized carbons (Fsp3) is 0.360. The molecule has 0 unspecified atom stereocenters. The SMILES string of the molecule is COc1cc(Cc2ncc(F)c(Cc3ccc4c(n3)N(C)C(=O)C(C)(C)O4)n2)cc(OC)c1OC. The number of hydrogen-bond donors (Lipinski definition) is 0. The van der Waals surface area contributed by atoms with E-state index in [-0.39, 0.29) is 18.0 Å². The van der Waals surface area contributed by atoms with Gasteiger partial charge in [-0.1, -0.05) is 0 Å². The summed E-state index contributed by atoms with van der Waals surface area (Å²) in [6, 6.07) is 7.07. The van der Waals surface area contributed by atoms with Crippen LogP contribution in [0.25, 0.3) is 0 Å². The van der Waals surface area contributed by atoms with E-state index in [4.69, 9.17) is 18.9 Å². The van der Waals surface area contributed by atoms with E-state index in [9.17, 15) is 9.18 Å². The monoisotopic (exact) mass is 482 g/mol. The van der Waals surface area contributed by atoms with Crippen molar-refractivity contribution in [1.29, 1.82) is 0 Å². The summed E-state index contributed by atoms with van der Waals surface area (Å²) in [5.41, 5.74) is 0.568. The Morgan fingerprint density at radius 1 is 1.03 bits per heavy atom. The molecule has 0 fully saturated rings. The van der Waals surface area contributed by atoms with Gasteiger partial charge >= 0.3 is 0 Å². The van der Waals surface area contributed by atoms with Crippen molar-refractivity contribution in [2.24, 2.45) is 0 Å². The van der Waals surface area contributed by atoms with Crippen molar-refractivity contribution in [1.82, 2.24) is 15.0 Å². The number of aromatic nitrogens is 3. The first kappa shape index (κ1) is 24.2. The number of carbonyl (C=O) groups is 1. The molecule has 0 aliphatic carbocycles. The van der Waals surface area contributed by atoms with Gasteiger partial charge in [-0.15, -0.1) is 0 Å². The topological polar surface area (TPSA) is 95.9 Å². The molecular weight excluding hydrogens is 455 g/mol. The summed E-state index contributed by atoms with van der Waals surface area (Å²) in [6.45, 7) is 3.41. The lowest BCUT2D eigenvalue weighted by molar-refractivity contribution is -0.132. The molecule has 0 saturated carbocycles. The predicted octanol–water partition coefficient (Wildman–Crippen LogP) is 3.35. The zero-order valence-electron chi connectivity index (χ0n) is 20.5. The molecule has 1 amide bonds. The average Bonchev–Trinajstić information content (AvgIpc) is 2.84. The Kier molecular flexibility index (Phi) is 6.47. The van der Waals surface area contributed by atoms with Crippen LogP contribution in [-0.2, 0) is 17.6 Å². The number of hydrogen-bond acceptors (Lipinski definition) is 8. The highest BCUT2D eigenvalue weighted by Gasteiger charge is 2.40. The molecule has 0 radical (unpaired) electrons. The van der Waals surface area contributed by atoms with Crippen LogP contribution in [0, 0.1) is 5.82 Å². The molecule has 2 aromatic heterocycles. The van der Waals surface area contributed by atoms with Crippen molar-refractivity contribution >= 4 is 11.7 Å². The lowest BCUT2D eigenvalue weighted by Gasteiger charge is -2.36. The molecule has 0 N–H and O–H groups in total. The Hall–Kier alpha value is -3.95. The van der Waals surface area contributed by atoms with Gasteiger partial charge in [0.2, 0.25) is 5.75 Å². The number of methoxy groups -OCH3 is 3. The molecule has 0 bridgehead atoms. The highest BCUT2D eigenvalue weighted by molar-refractivity contribution is 6.00. The lowest BCUT2D eigenvalue weighted by atomic mass is 10.1. The third kappa shape index (κ3) is 4.68. The number of fused-ring (bicyclic) bond motifs is 1. The molecule has 35 heavy (non-hydrogen) atoms. The van der Waals surface area contributed by atoms with Crippen LogP contribution in [0.1, 0.15) is 36.6 Å². The number of ether oxygens (including phenoxy) is 4. The van der Waals surface area contributed by atoms with Gasteiger partial charge in [0.15, 0.2) is 34.5 Å². The second-order valence-electron chi connectivity index (χ2n) is 8.57. The van der Waals surface area contributed by atoms with Crippen LogP contribution in [0.2, 0.25) is 0 Å². The number of halogens is 1. The van der Waals surface area contributed by atoms with Gasteiger partial charge in [-0.3, -0.25) is 9.69 Å². The van der Waals surface area contributed by atoms with E-state index in [0.29, 0.717) is 46.8 Å². The molecule has 4 rings (SSSR count). The lowest BCUT2D eigenvalue weighted by Crippen LogP contribution is -2.51. The van der Waals surface area contributed by atoms with E-state index in [0.717, 1.165) is 11.8 Å². The van der Waals surface area contributed by atoms with Crippen LogP contribution in [0.3, 0.4) is 0 Å². The number of pyridine rings is 1. The number of likely N-dealkylation sites (N-methyl/N-ethyl adjacent to an activating group) is 1. The molecule has 3 aromatic rings. The summed E-state index contributed by atoms with van der Waals surface area (Å²) in [6.07, 6.45) is 1.59. The molecule has 0 spiro atoms. The molecule has 0 saturated heterocycles. The fourth-order valence-electron chi connectivity index (χ4n) is 3.96. The summed E-state index contributed by atoms with van der Waals surface area (Å²) in [5.74, 6) is 2.04. The molecule has 10 heteroatoms. The summed E-state index contributed by atoms with van der Waals surface area (Å²) in [7, 11) is 6.25. The van der Waals surface area contributed by atoms with Gasteiger partial charge in [0.05, 0.1) is 33.2 Å². The van der Waals surface area contributed by atoms with Crippen LogP contribution in [-0.4, -0.2) is 54.8 Å². The maximum absolute atomic E-state index is 14.6. The summed E-state index contributed by atoms with van der Waals surface area (Å²) in [5, 5.41) is 0. The minimum absolute atomic E-state index is 0.120. The van der Waals surface area contributed by atoms with Gasteiger partial charge < -0.3 is 18.9 Å². The maximum Gasteiger partial charge on any atom is 0.271 e. The van der Waals surface area contributed by atoms with E-state index in [1.165, 1.54) is 26.2 Å². The fourth-order valence-corrected chi connectivity index (χ4v) is 3.96. The summed E-state index contributed by atoms with van der Waals surface area (Å²) >= 11 is 0. The average molecular weight is 483 g/mol. The maximum atomic E-state index is 14.6. The number of amides is 1. The van der Waals surface area contributed by atoms with Gasteiger partial charge in [0.25, 0.3) is 5.91 Å². The van der Waals surface area contributed by atoms with Gasteiger partial charge in [-0.25, -0.2) is 19.3 Å². The Labute approximate surface area is 202 Å². The molecule has 0 atom stereocenters. The van der Waals surface area contributed by atoms with Crippen LogP contribution in [0.5, 0.6) is 23.0 Å². The van der Waals surface area contributed by atoms with E-state index in [1.54, 1.807) is 45.2 Å². The van der Waals surface area contributed by atoms with Crippen molar-refractivity contribution in [3.63, 3.8) is 0 Å². The van der Waals surface area contributed by atoms with Gasteiger partial charge in [-0.05, 0) is 43.7 Å². The van der Waals surface area contributed by atoms with Gasteiger partial charge in [-0.2, -0.15) is 0 Å². The van der Waals surface area contributed by atoms with E-state index >= 15 is 0 Å². The zero-order chi connectivity index (χ0) is 25.3. The number of rotatable bonds is 7. The van der Waals surface area contributed by atoms with Crippen molar-refractivity contribution in [3.8, 4) is 23.0 Å². The Morgan fingerprint density at radius 3 is 2.34 bits per heavy atom. The zero-order valence-corrected chi connectivity index (χ0v) is 20.5. The van der Waals surface area contributed by atoms with Crippen LogP contribution >= 0.6 is 0 Å². The highest BCUT2D eigenvalue weighted by Crippen LogP contribution is 2.39. The van der Waals surface area contributed by atoms with Crippen molar-refractivity contribution in [3.05, 3.63) is 59.1 Å². The van der Waals surface area contributed by atoms with Crippen LogP contribution < -0.4 is 23.8 Å². The molecule has 1 aliphatic heterocycles. The normalized spacial score (nSPS) is 14.3. The smallest absolute Gasteiger partial charge is 0.271 e. The van der Waals surface area contributed by atoms with Crippen molar-refractivity contribution < 1.29 is 28.1 Å². The minimum Gasteiger partial charge on any atom is -0.493 e. The third-order valence-electron chi connectivity index (χ3n) is 5.70.